The van der Waals surface area contributed by atoms with Crippen molar-refractivity contribution in [2.24, 2.45) is 5.92 Å². The molecule has 1 aliphatic carbocycles. The second kappa shape index (κ2) is 11.6. The van der Waals surface area contributed by atoms with E-state index >= 15 is 0 Å². The van der Waals surface area contributed by atoms with Crippen LogP contribution in [0.3, 0.4) is 0 Å². The number of aliphatic carboxylic acids is 1. The number of thiophene rings is 1. The number of carbonyl (C=O) groups excluding carboxylic acids is 2. The summed E-state index contributed by atoms with van der Waals surface area (Å²) in [7, 11) is 0. The van der Waals surface area contributed by atoms with Crippen molar-refractivity contribution in [3.05, 3.63) is 52.9 Å². The lowest BCUT2D eigenvalue weighted by atomic mass is 9.84. The summed E-state index contributed by atoms with van der Waals surface area (Å²) in [5.74, 6) is -0.767. The predicted octanol–water partition coefficient (Wildman–Crippen LogP) is 4.39. The van der Waals surface area contributed by atoms with Crippen LogP contribution < -0.4 is 5.32 Å². The van der Waals surface area contributed by atoms with Crippen LogP contribution in [-0.2, 0) is 16.1 Å². The van der Waals surface area contributed by atoms with Crippen molar-refractivity contribution in [3.63, 3.8) is 0 Å². The first-order valence-electron chi connectivity index (χ1n) is 13.4. The van der Waals surface area contributed by atoms with Crippen LogP contribution in [-0.4, -0.2) is 69.9 Å². The quantitative estimate of drug-likeness (QED) is 0.444. The van der Waals surface area contributed by atoms with E-state index in [0.717, 1.165) is 39.9 Å². The van der Waals surface area contributed by atoms with Gasteiger partial charge in [-0.3, -0.25) is 19.3 Å². The Morgan fingerprint density at radius 2 is 1.92 bits per heavy atom. The van der Waals surface area contributed by atoms with Crippen LogP contribution in [0.25, 0.3) is 21.5 Å². The molecule has 0 bridgehead atoms. The van der Waals surface area contributed by atoms with Gasteiger partial charge in [0.1, 0.15) is 0 Å². The van der Waals surface area contributed by atoms with Crippen molar-refractivity contribution in [2.75, 3.05) is 26.2 Å². The van der Waals surface area contributed by atoms with E-state index in [0.29, 0.717) is 24.6 Å². The maximum atomic E-state index is 14.0. The second-order valence-corrected chi connectivity index (χ2v) is 11.3. The average Bonchev–Trinajstić information content (AvgIpc) is 3.44. The Kier molecular flexibility index (Phi) is 8.04. The topological polar surface area (TPSA) is 103 Å². The zero-order chi connectivity index (χ0) is 26.6. The Morgan fingerprint density at radius 3 is 2.63 bits per heavy atom. The van der Waals surface area contributed by atoms with E-state index in [1.54, 1.807) is 21.1 Å². The molecule has 3 heterocycles. The molecule has 38 heavy (non-hydrogen) atoms. The summed E-state index contributed by atoms with van der Waals surface area (Å²) < 4.78 is 0. The van der Waals surface area contributed by atoms with Crippen LogP contribution >= 0.6 is 11.3 Å². The average molecular weight is 535 g/mol. The highest BCUT2D eigenvalue weighted by atomic mass is 32.1. The van der Waals surface area contributed by atoms with Crippen LogP contribution in [0, 0.1) is 5.92 Å². The molecule has 1 saturated carbocycles. The molecule has 0 unspecified atom stereocenters. The largest absolute Gasteiger partial charge is 0.480 e. The normalized spacial score (nSPS) is 18.0. The zero-order valence-corrected chi connectivity index (χ0v) is 22.5. The number of nitrogens with zero attached hydrogens (tertiary/aromatic N) is 3. The lowest BCUT2D eigenvalue weighted by Gasteiger charge is -2.34. The highest BCUT2D eigenvalue weighted by Crippen LogP contribution is 2.34. The molecule has 9 heteroatoms. The Morgan fingerprint density at radius 1 is 1.13 bits per heavy atom. The van der Waals surface area contributed by atoms with Crippen molar-refractivity contribution >= 4 is 40.0 Å². The minimum atomic E-state index is -0.948. The number of aromatic nitrogens is 1. The minimum absolute atomic E-state index is 0.0435. The van der Waals surface area contributed by atoms with Crippen molar-refractivity contribution < 1.29 is 19.5 Å². The third-order valence-electron chi connectivity index (χ3n) is 7.80. The van der Waals surface area contributed by atoms with Gasteiger partial charge in [-0.25, -0.2) is 4.98 Å². The standard InChI is InChI=1S/C29H34N4O4S/c1-19(20-8-3-2-4-9-20)30-29(37)27-21-10-5-6-11-23(21)31-28(24-12-7-15-38-24)22(27)16-33-14-13-32(17-25(33)34)18-26(35)36/h5-7,10-12,15,19-20H,2-4,8-9,13-14,16-18H2,1H3,(H,30,37)(H,35,36)/t19-/m0/s1. The number of benzene rings is 1. The number of carboxylic acid groups (broad SMARTS) is 1. The van der Waals surface area contributed by atoms with Crippen molar-refractivity contribution in [3.8, 4) is 10.6 Å². The molecule has 0 radical (unpaired) electrons. The molecule has 2 amide bonds. The molecule has 200 valence electrons. The first-order valence-corrected chi connectivity index (χ1v) is 14.3. The summed E-state index contributed by atoms with van der Waals surface area (Å²) in [5, 5.41) is 15.2. The van der Waals surface area contributed by atoms with Gasteiger partial charge in [0.2, 0.25) is 5.91 Å². The van der Waals surface area contributed by atoms with E-state index in [1.807, 2.05) is 41.8 Å². The second-order valence-electron chi connectivity index (χ2n) is 10.4. The van der Waals surface area contributed by atoms with Gasteiger partial charge >= 0.3 is 5.97 Å². The van der Waals surface area contributed by atoms with Gasteiger partial charge in [-0.2, -0.15) is 0 Å². The molecule has 8 nitrogen and oxygen atoms in total. The molecular weight excluding hydrogens is 500 g/mol. The number of nitrogens with one attached hydrogen (secondary N) is 1. The number of carbonyl (C=O) groups is 3. The van der Waals surface area contributed by atoms with E-state index in [4.69, 9.17) is 10.1 Å². The van der Waals surface area contributed by atoms with Crippen LogP contribution in [0.2, 0.25) is 0 Å². The van der Waals surface area contributed by atoms with Crippen molar-refractivity contribution in [1.82, 2.24) is 20.1 Å². The van der Waals surface area contributed by atoms with E-state index in [-0.39, 0.29) is 37.5 Å². The molecule has 5 rings (SSSR count). The molecule has 2 aliphatic rings. The predicted molar refractivity (Wildman–Crippen MR) is 148 cm³/mol. The number of rotatable bonds is 8. The van der Waals surface area contributed by atoms with E-state index < -0.39 is 5.97 Å². The summed E-state index contributed by atoms with van der Waals surface area (Å²) >= 11 is 1.55. The number of fused-ring (bicyclic) bond motifs is 1. The Balaban J connectivity index is 1.53. The summed E-state index contributed by atoms with van der Waals surface area (Å²) in [6.45, 7) is 3.08. The first-order chi connectivity index (χ1) is 18.4. The molecule has 2 aromatic heterocycles. The molecule has 1 aromatic carbocycles. The fraction of sp³-hybridized carbons (Fsp3) is 0.448. The van der Waals surface area contributed by atoms with Gasteiger partial charge in [-0.15, -0.1) is 11.3 Å². The molecular formula is C29H34N4O4S. The van der Waals surface area contributed by atoms with Crippen LogP contribution in [0.15, 0.2) is 41.8 Å². The molecule has 0 spiro atoms. The fourth-order valence-electron chi connectivity index (χ4n) is 5.75. The van der Waals surface area contributed by atoms with Crippen molar-refractivity contribution in [2.45, 2.75) is 51.6 Å². The van der Waals surface area contributed by atoms with Gasteiger partial charge in [0.25, 0.3) is 5.91 Å². The van der Waals surface area contributed by atoms with Crippen LogP contribution in [0.1, 0.15) is 54.9 Å². The molecule has 2 N–H and O–H groups in total. The number of piperazine rings is 1. The molecule has 1 atom stereocenters. The highest BCUT2D eigenvalue weighted by Gasteiger charge is 2.30. The molecule has 2 fully saturated rings. The van der Waals surface area contributed by atoms with Gasteiger partial charge < -0.3 is 15.3 Å². The SMILES string of the molecule is C[C@H](NC(=O)c1c(CN2CCN(CC(=O)O)CC2=O)c(-c2cccs2)nc2ccccc12)C1CCCCC1. The number of hydrogen-bond donors (Lipinski definition) is 2. The molecule has 1 aliphatic heterocycles. The number of para-hydroxylation sites is 1. The third kappa shape index (κ3) is 5.73. The van der Waals surface area contributed by atoms with Gasteiger partial charge in [-0.1, -0.05) is 43.5 Å². The van der Waals surface area contributed by atoms with Gasteiger partial charge in [0.15, 0.2) is 0 Å². The van der Waals surface area contributed by atoms with E-state index in [9.17, 15) is 14.4 Å². The summed E-state index contributed by atoms with van der Waals surface area (Å²) in [5.41, 5.74) is 2.77. The summed E-state index contributed by atoms with van der Waals surface area (Å²) in [6, 6.07) is 11.7. The highest BCUT2D eigenvalue weighted by molar-refractivity contribution is 7.13. The van der Waals surface area contributed by atoms with E-state index in [1.165, 1.54) is 19.3 Å². The van der Waals surface area contributed by atoms with Gasteiger partial charge in [0, 0.05) is 36.6 Å². The molecule has 3 aromatic rings. The Bertz CT molecular complexity index is 1320. The smallest absolute Gasteiger partial charge is 0.317 e. The third-order valence-corrected chi connectivity index (χ3v) is 8.67. The number of hydrogen-bond acceptors (Lipinski definition) is 6. The minimum Gasteiger partial charge on any atom is -0.480 e. The lowest BCUT2D eigenvalue weighted by molar-refractivity contribution is -0.142. The number of amides is 2. The maximum Gasteiger partial charge on any atom is 0.317 e. The van der Waals surface area contributed by atoms with Gasteiger partial charge in [0.05, 0.1) is 34.7 Å². The Labute approximate surface area is 226 Å². The van der Waals surface area contributed by atoms with Crippen LogP contribution in [0.5, 0.6) is 0 Å². The summed E-state index contributed by atoms with van der Waals surface area (Å²) in [6.07, 6.45) is 5.91. The van der Waals surface area contributed by atoms with Crippen molar-refractivity contribution in [1.29, 1.82) is 0 Å². The Hall–Kier alpha value is -3.30. The van der Waals surface area contributed by atoms with E-state index in [2.05, 4.69) is 12.2 Å². The number of carboxylic acids is 1. The fourth-order valence-corrected chi connectivity index (χ4v) is 6.50. The zero-order valence-electron chi connectivity index (χ0n) is 21.7. The first kappa shape index (κ1) is 26.3. The maximum absolute atomic E-state index is 14.0. The monoisotopic (exact) mass is 534 g/mol. The number of pyridine rings is 1. The summed E-state index contributed by atoms with van der Waals surface area (Å²) in [4.78, 5) is 47.6. The lowest BCUT2D eigenvalue weighted by Crippen LogP contribution is -2.51. The van der Waals surface area contributed by atoms with Gasteiger partial charge in [-0.05, 0) is 43.2 Å². The molecule has 1 saturated heterocycles. The van der Waals surface area contributed by atoms with Crippen LogP contribution in [0.4, 0.5) is 0 Å².